The Balaban J connectivity index is 1.24. The molecule has 0 radical (unpaired) electrons. The fraction of sp³-hybridized carbons (Fsp3) is 0.414. The molecule has 1 aromatic heterocycles. The molecule has 2 heterocycles. The molecule has 3 aliphatic rings. The molecule has 0 saturated heterocycles. The lowest BCUT2D eigenvalue weighted by Gasteiger charge is -2.39. The molecule has 192 valence electrons. The average molecular weight is 520 g/mol. The van der Waals surface area contributed by atoms with Crippen LogP contribution in [0.4, 0.5) is 4.39 Å². The van der Waals surface area contributed by atoms with Crippen LogP contribution < -0.4 is 10.1 Å². The monoisotopic (exact) mass is 519 g/mol. The quantitative estimate of drug-likeness (QED) is 0.453. The first-order valence-electron chi connectivity index (χ1n) is 13.1. The van der Waals surface area contributed by atoms with Crippen LogP contribution in [0.2, 0.25) is 0 Å². The molecule has 1 aliphatic heterocycles. The molecular formula is C29H30FN3O3S. The number of nitrogens with one attached hydrogen (secondary N) is 1. The zero-order chi connectivity index (χ0) is 25.4. The molecule has 2 amide bonds. The molecule has 3 aromatic rings. The molecule has 6 nitrogen and oxygen atoms in total. The van der Waals surface area contributed by atoms with Gasteiger partial charge in [-0.25, -0.2) is 9.37 Å². The lowest BCUT2D eigenvalue weighted by Crippen LogP contribution is -2.43. The first-order valence-corrected chi connectivity index (χ1v) is 14.0. The summed E-state index contributed by atoms with van der Waals surface area (Å²) in [6.07, 6.45) is 6.92. The van der Waals surface area contributed by atoms with Gasteiger partial charge in [0, 0.05) is 23.9 Å². The summed E-state index contributed by atoms with van der Waals surface area (Å²) in [4.78, 5) is 32.2. The zero-order valence-corrected chi connectivity index (χ0v) is 21.4. The molecule has 8 heteroatoms. The van der Waals surface area contributed by atoms with Crippen LogP contribution in [0.25, 0.3) is 0 Å². The molecule has 2 saturated carbocycles. The SMILES string of the molecule is O=C(NC1CC1)c1csc(COc2ccc3c(c2)C(c2ccc(F)cc2)N(C(=O)C2CCCC2)CC3)n1. The van der Waals surface area contributed by atoms with E-state index in [0.717, 1.165) is 61.1 Å². The summed E-state index contributed by atoms with van der Waals surface area (Å²) in [7, 11) is 0. The number of rotatable bonds is 7. The van der Waals surface area contributed by atoms with Crippen molar-refractivity contribution in [1.29, 1.82) is 0 Å². The van der Waals surface area contributed by atoms with E-state index < -0.39 is 0 Å². The van der Waals surface area contributed by atoms with Crippen LogP contribution in [-0.2, 0) is 17.8 Å². The van der Waals surface area contributed by atoms with Crippen LogP contribution in [0.3, 0.4) is 0 Å². The Morgan fingerprint density at radius 2 is 1.86 bits per heavy atom. The number of nitrogens with zero attached hydrogens (tertiary/aromatic N) is 2. The predicted molar refractivity (Wildman–Crippen MR) is 139 cm³/mol. The highest BCUT2D eigenvalue weighted by molar-refractivity contribution is 7.09. The fourth-order valence-electron chi connectivity index (χ4n) is 5.45. The van der Waals surface area contributed by atoms with Crippen LogP contribution in [0.1, 0.15) is 76.8 Å². The molecule has 1 N–H and O–H groups in total. The van der Waals surface area contributed by atoms with E-state index in [-0.39, 0.29) is 36.2 Å². The summed E-state index contributed by atoms with van der Waals surface area (Å²) in [6, 6.07) is 12.5. The summed E-state index contributed by atoms with van der Waals surface area (Å²) in [6.45, 7) is 0.904. The molecule has 2 aromatic carbocycles. The largest absolute Gasteiger partial charge is 0.486 e. The summed E-state index contributed by atoms with van der Waals surface area (Å²) in [5.74, 6) is 0.524. The maximum Gasteiger partial charge on any atom is 0.270 e. The van der Waals surface area contributed by atoms with Crippen molar-refractivity contribution < 1.29 is 18.7 Å². The minimum Gasteiger partial charge on any atom is -0.486 e. The number of aromatic nitrogens is 1. The number of halogens is 1. The molecule has 2 fully saturated rings. The van der Waals surface area contributed by atoms with Crippen molar-refractivity contribution >= 4 is 23.2 Å². The van der Waals surface area contributed by atoms with Gasteiger partial charge in [0.2, 0.25) is 5.91 Å². The van der Waals surface area contributed by atoms with E-state index in [1.54, 1.807) is 17.5 Å². The number of amides is 2. The standard InChI is InChI=1S/C29H30FN3O3S/c30-21-8-5-19(6-9-21)27-24-15-23(36-16-26-32-25(17-37-26)28(34)31-22-10-11-22)12-7-18(24)13-14-33(27)29(35)20-3-1-2-4-20/h5-9,12,15,17,20,22,27H,1-4,10-11,13-14,16H2,(H,31,34). The number of hydrogen-bond donors (Lipinski definition) is 1. The Morgan fingerprint density at radius 1 is 1.08 bits per heavy atom. The van der Waals surface area contributed by atoms with E-state index in [1.165, 1.54) is 29.0 Å². The van der Waals surface area contributed by atoms with Crippen molar-refractivity contribution in [2.75, 3.05) is 6.54 Å². The van der Waals surface area contributed by atoms with Crippen LogP contribution in [-0.4, -0.2) is 34.3 Å². The van der Waals surface area contributed by atoms with Crippen molar-refractivity contribution in [2.24, 2.45) is 5.92 Å². The van der Waals surface area contributed by atoms with Crippen LogP contribution in [0.5, 0.6) is 5.75 Å². The van der Waals surface area contributed by atoms with Gasteiger partial charge in [0.1, 0.15) is 28.9 Å². The van der Waals surface area contributed by atoms with Gasteiger partial charge < -0.3 is 15.0 Å². The fourth-order valence-corrected chi connectivity index (χ4v) is 6.13. The lowest BCUT2D eigenvalue weighted by molar-refractivity contribution is -0.137. The molecule has 37 heavy (non-hydrogen) atoms. The molecular weight excluding hydrogens is 489 g/mol. The summed E-state index contributed by atoms with van der Waals surface area (Å²) in [5.41, 5.74) is 3.52. The van der Waals surface area contributed by atoms with Crippen LogP contribution in [0, 0.1) is 11.7 Å². The van der Waals surface area contributed by atoms with Gasteiger partial charge >= 0.3 is 0 Å². The van der Waals surface area contributed by atoms with Crippen molar-refractivity contribution in [1.82, 2.24) is 15.2 Å². The number of hydrogen-bond acceptors (Lipinski definition) is 5. The Hall–Kier alpha value is -3.26. The second kappa shape index (κ2) is 10.2. The summed E-state index contributed by atoms with van der Waals surface area (Å²) < 4.78 is 19.9. The van der Waals surface area contributed by atoms with Gasteiger partial charge in [0.25, 0.3) is 5.91 Å². The third kappa shape index (κ3) is 5.25. The van der Waals surface area contributed by atoms with E-state index in [4.69, 9.17) is 4.74 Å². The average Bonchev–Trinajstić information content (AvgIpc) is 3.35. The van der Waals surface area contributed by atoms with E-state index in [0.29, 0.717) is 24.0 Å². The third-order valence-corrected chi connectivity index (χ3v) is 8.40. The highest BCUT2D eigenvalue weighted by Crippen LogP contribution is 2.40. The normalized spacial score (nSPS) is 19.5. The van der Waals surface area contributed by atoms with Crippen molar-refractivity contribution in [3.8, 4) is 5.75 Å². The smallest absolute Gasteiger partial charge is 0.270 e. The Morgan fingerprint density at radius 3 is 2.62 bits per heavy atom. The molecule has 1 atom stereocenters. The van der Waals surface area contributed by atoms with Crippen molar-refractivity contribution in [3.05, 3.63) is 81.1 Å². The Kier molecular flexibility index (Phi) is 6.67. The maximum atomic E-state index is 13.8. The van der Waals surface area contributed by atoms with Crippen molar-refractivity contribution in [3.63, 3.8) is 0 Å². The van der Waals surface area contributed by atoms with Gasteiger partial charge in [-0.3, -0.25) is 9.59 Å². The number of carbonyl (C=O) groups excluding carboxylic acids is 2. The molecule has 0 spiro atoms. The number of ether oxygens (including phenoxy) is 1. The maximum absolute atomic E-state index is 13.8. The van der Waals surface area contributed by atoms with Crippen LogP contribution in [0.15, 0.2) is 47.8 Å². The second-order valence-corrected chi connectivity index (χ2v) is 11.2. The first kappa shape index (κ1) is 24.1. The van der Waals surface area contributed by atoms with Crippen molar-refractivity contribution in [2.45, 2.75) is 63.6 Å². The minimum absolute atomic E-state index is 0.0696. The predicted octanol–water partition coefficient (Wildman–Crippen LogP) is 5.42. The summed E-state index contributed by atoms with van der Waals surface area (Å²) in [5, 5.41) is 5.45. The topological polar surface area (TPSA) is 71.5 Å². The van der Waals surface area contributed by atoms with Gasteiger partial charge in [-0.15, -0.1) is 11.3 Å². The van der Waals surface area contributed by atoms with Gasteiger partial charge in [-0.2, -0.15) is 0 Å². The number of carbonyl (C=O) groups is 2. The molecule has 6 rings (SSSR count). The molecule has 0 bridgehead atoms. The highest BCUT2D eigenvalue weighted by Gasteiger charge is 2.36. The van der Waals surface area contributed by atoms with E-state index >= 15 is 0 Å². The number of fused-ring (bicyclic) bond motifs is 1. The Bertz CT molecular complexity index is 1300. The Labute approximate surface area is 219 Å². The number of benzene rings is 2. The lowest BCUT2D eigenvalue weighted by atomic mass is 9.87. The van der Waals surface area contributed by atoms with Gasteiger partial charge in [0.15, 0.2) is 0 Å². The molecule has 2 aliphatic carbocycles. The van der Waals surface area contributed by atoms with Gasteiger partial charge in [0.05, 0.1) is 6.04 Å². The zero-order valence-electron chi connectivity index (χ0n) is 20.6. The summed E-state index contributed by atoms with van der Waals surface area (Å²) >= 11 is 1.41. The minimum atomic E-state index is -0.292. The van der Waals surface area contributed by atoms with Gasteiger partial charge in [-0.05, 0) is 73.1 Å². The van der Waals surface area contributed by atoms with E-state index in [2.05, 4.69) is 16.4 Å². The molecule has 1 unspecified atom stereocenters. The van der Waals surface area contributed by atoms with E-state index in [9.17, 15) is 14.0 Å². The highest BCUT2D eigenvalue weighted by atomic mass is 32.1. The van der Waals surface area contributed by atoms with E-state index in [1.807, 2.05) is 17.0 Å². The first-order chi connectivity index (χ1) is 18.0. The number of thiazole rings is 1. The second-order valence-electron chi connectivity index (χ2n) is 10.2. The third-order valence-electron chi connectivity index (χ3n) is 7.58. The van der Waals surface area contributed by atoms with Gasteiger partial charge in [-0.1, -0.05) is 31.0 Å². The van der Waals surface area contributed by atoms with Crippen LogP contribution >= 0.6 is 11.3 Å².